The third-order valence-electron chi connectivity index (χ3n) is 5.15. The second-order valence-corrected chi connectivity index (χ2v) is 5.97. The topological polar surface area (TPSA) is 57.5 Å². The van der Waals surface area contributed by atoms with Gasteiger partial charge in [0.15, 0.2) is 0 Å². The van der Waals surface area contributed by atoms with Gasteiger partial charge in [-0.15, -0.1) is 0 Å². The molecule has 0 rings (SSSR count). The first-order valence-corrected chi connectivity index (χ1v) is 8.49. The van der Waals surface area contributed by atoms with Gasteiger partial charge < -0.3 is 14.7 Å². The standard InChI is InChI=1S/C9H22NO.C8H16O2/c1-5-10(6-2,7-3)8-9(4)11;1-4-8(5-2,6-3)7(9)10/h9,11H,5-8H2,1-4H3;4-6H2,1-3H3,(H,9,10)/q+1;. The Balaban J connectivity index is 0. The predicted molar refractivity (Wildman–Crippen MR) is 89.4 cm³/mol. The Kier molecular flexibility index (Phi) is 11.9. The summed E-state index contributed by atoms with van der Waals surface area (Å²) in [5.74, 6) is -0.653. The van der Waals surface area contributed by atoms with Crippen molar-refractivity contribution in [3.63, 3.8) is 0 Å². The molecule has 4 nitrogen and oxygen atoms in total. The molecule has 0 aromatic carbocycles. The minimum Gasteiger partial charge on any atom is -0.481 e. The largest absolute Gasteiger partial charge is 0.481 e. The number of rotatable bonds is 9. The molecule has 0 spiro atoms. The van der Waals surface area contributed by atoms with E-state index in [0.717, 1.165) is 49.9 Å². The molecule has 128 valence electrons. The van der Waals surface area contributed by atoms with E-state index in [1.54, 1.807) is 0 Å². The highest BCUT2D eigenvalue weighted by Gasteiger charge is 2.32. The molecule has 4 heteroatoms. The van der Waals surface area contributed by atoms with Crippen molar-refractivity contribution in [2.24, 2.45) is 5.41 Å². The van der Waals surface area contributed by atoms with Gasteiger partial charge in [-0.05, 0) is 47.0 Å². The maximum absolute atomic E-state index is 10.7. The van der Waals surface area contributed by atoms with Gasteiger partial charge in [-0.1, -0.05) is 20.8 Å². The number of nitrogens with zero attached hydrogens (tertiary/aromatic N) is 1. The number of aliphatic carboxylic acids is 1. The molecule has 0 amide bonds. The van der Waals surface area contributed by atoms with Crippen LogP contribution in [0, 0.1) is 5.41 Å². The number of likely N-dealkylation sites (N-methyl/N-ethyl adjacent to an activating group) is 1. The lowest BCUT2D eigenvalue weighted by atomic mass is 9.80. The van der Waals surface area contributed by atoms with E-state index in [1.165, 1.54) is 0 Å². The molecule has 1 unspecified atom stereocenters. The monoisotopic (exact) mass is 304 g/mol. The van der Waals surface area contributed by atoms with Crippen molar-refractivity contribution >= 4 is 5.97 Å². The molecule has 0 aliphatic heterocycles. The third-order valence-corrected chi connectivity index (χ3v) is 5.15. The number of aliphatic hydroxyl groups excluding tert-OH is 1. The maximum Gasteiger partial charge on any atom is 0.309 e. The van der Waals surface area contributed by atoms with Crippen molar-refractivity contribution in [2.45, 2.75) is 73.8 Å². The summed E-state index contributed by atoms with van der Waals surface area (Å²) < 4.78 is 1.04. The van der Waals surface area contributed by atoms with Gasteiger partial charge >= 0.3 is 5.97 Å². The van der Waals surface area contributed by atoms with Gasteiger partial charge in [0.25, 0.3) is 0 Å². The molecule has 0 heterocycles. The molecule has 2 N–H and O–H groups in total. The van der Waals surface area contributed by atoms with Crippen molar-refractivity contribution in [3.05, 3.63) is 0 Å². The van der Waals surface area contributed by atoms with Crippen LogP contribution in [0.1, 0.15) is 67.7 Å². The second kappa shape index (κ2) is 11.0. The molecular formula is C17H38NO3+. The Morgan fingerprint density at radius 1 is 0.952 bits per heavy atom. The van der Waals surface area contributed by atoms with Crippen LogP contribution in [0.15, 0.2) is 0 Å². The van der Waals surface area contributed by atoms with E-state index < -0.39 is 11.4 Å². The van der Waals surface area contributed by atoms with Gasteiger partial charge in [-0.3, -0.25) is 4.79 Å². The summed E-state index contributed by atoms with van der Waals surface area (Å²) >= 11 is 0. The normalized spacial score (nSPS) is 13.3. The Bertz CT molecular complexity index is 253. The lowest BCUT2D eigenvalue weighted by Crippen LogP contribution is -2.51. The molecule has 0 fully saturated rings. The van der Waals surface area contributed by atoms with Crippen LogP contribution in [-0.4, -0.2) is 52.9 Å². The molecule has 21 heavy (non-hydrogen) atoms. The maximum atomic E-state index is 10.7. The molecule has 0 bridgehead atoms. The lowest BCUT2D eigenvalue weighted by Gasteiger charge is -2.36. The fourth-order valence-corrected chi connectivity index (χ4v) is 2.82. The average Bonchev–Trinajstić information content (AvgIpc) is 2.47. The number of carboxylic acids is 1. The number of aliphatic hydroxyl groups is 1. The summed E-state index contributed by atoms with van der Waals surface area (Å²) in [5.41, 5.74) is -0.458. The van der Waals surface area contributed by atoms with E-state index in [0.29, 0.717) is 0 Å². The summed E-state index contributed by atoms with van der Waals surface area (Å²) in [6.45, 7) is 18.5. The van der Waals surface area contributed by atoms with E-state index in [9.17, 15) is 9.90 Å². The number of carbonyl (C=O) groups is 1. The van der Waals surface area contributed by atoms with Crippen molar-refractivity contribution in [2.75, 3.05) is 26.2 Å². The van der Waals surface area contributed by atoms with Crippen LogP contribution in [0.4, 0.5) is 0 Å². The summed E-state index contributed by atoms with van der Waals surface area (Å²) in [6.07, 6.45) is 2.02. The molecule has 0 aliphatic rings. The number of hydrogen-bond donors (Lipinski definition) is 2. The summed E-state index contributed by atoms with van der Waals surface area (Å²) in [6, 6.07) is 0. The Labute approximate surface area is 131 Å². The molecule has 0 saturated heterocycles. The fourth-order valence-electron chi connectivity index (χ4n) is 2.82. The number of quaternary nitrogens is 1. The third kappa shape index (κ3) is 7.28. The molecule has 1 atom stereocenters. The summed E-state index contributed by atoms with van der Waals surface area (Å²) in [5, 5.41) is 18.1. The fraction of sp³-hybridized carbons (Fsp3) is 0.941. The van der Waals surface area contributed by atoms with Crippen LogP contribution in [-0.2, 0) is 4.79 Å². The van der Waals surface area contributed by atoms with Gasteiger partial charge in [0, 0.05) is 0 Å². The summed E-state index contributed by atoms with van der Waals surface area (Å²) in [7, 11) is 0. The second-order valence-electron chi connectivity index (χ2n) is 5.97. The van der Waals surface area contributed by atoms with Crippen molar-refractivity contribution in [1.82, 2.24) is 0 Å². The zero-order chi connectivity index (χ0) is 17.1. The molecule has 0 aromatic heterocycles. The van der Waals surface area contributed by atoms with E-state index in [2.05, 4.69) is 20.8 Å². The molecular weight excluding hydrogens is 266 g/mol. The van der Waals surface area contributed by atoms with E-state index in [-0.39, 0.29) is 6.10 Å². The first-order valence-electron chi connectivity index (χ1n) is 8.49. The Morgan fingerprint density at radius 2 is 1.29 bits per heavy atom. The van der Waals surface area contributed by atoms with Gasteiger partial charge in [-0.2, -0.15) is 0 Å². The van der Waals surface area contributed by atoms with Crippen LogP contribution in [0.5, 0.6) is 0 Å². The zero-order valence-corrected chi connectivity index (χ0v) is 15.3. The van der Waals surface area contributed by atoms with Crippen LogP contribution in [0.3, 0.4) is 0 Å². The Morgan fingerprint density at radius 3 is 1.33 bits per heavy atom. The van der Waals surface area contributed by atoms with Gasteiger partial charge in [0.05, 0.1) is 25.0 Å². The number of carboxylic acid groups (broad SMARTS) is 1. The quantitative estimate of drug-likeness (QED) is 0.641. The highest BCUT2D eigenvalue weighted by Crippen LogP contribution is 2.30. The highest BCUT2D eigenvalue weighted by atomic mass is 16.4. The van der Waals surface area contributed by atoms with E-state index in [4.69, 9.17) is 5.11 Å². The smallest absolute Gasteiger partial charge is 0.309 e. The van der Waals surface area contributed by atoms with Crippen LogP contribution >= 0.6 is 0 Å². The van der Waals surface area contributed by atoms with Gasteiger partial charge in [-0.25, -0.2) is 0 Å². The van der Waals surface area contributed by atoms with E-state index >= 15 is 0 Å². The van der Waals surface area contributed by atoms with Crippen LogP contribution in [0.25, 0.3) is 0 Å². The predicted octanol–water partition coefficient (Wildman–Crippen LogP) is 3.53. The van der Waals surface area contributed by atoms with Crippen molar-refractivity contribution < 1.29 is 19.5 Å². The first-order chi connectivity index (χ1) is 9.72. The summed E-state index contributed by atoms with van der Waals surface area (Å²) in [4.78, 5) is 10.7. The van der Waals surface area contributed by atoms with E-state index in [1.807, 2.05) is 27.7 Å². The highest BCUT2D eigenvalue weighted by molar-refractivity contribution is 5.74. The number of hydrogen-bond acceptors (Lipinski definition) is 2. The minimum absolute atomic E-state index is 0.171. The lowest BCUT2D eigenvalue weighted by molar-refractivity contribution is -0.925. The molecule has 0 aromatic rings. The van der Waals surface area contributed by atoms with Crippen molar-refractivity contribution in [3.8, 4) is 0 Å². The Hall–Kier alpha value is -0.610. The molecule has 0 radical (unpaired) electrons. The van der Waals surface area contributed by atoms with Crippen LogP contribution < -0.4 is 0 Å². The molecule has 0 aliphatic carbocycles. The van der Waals surface area contributed by atoms with Crippen LogP contribution in [0.2, 0.25) is 0 Å². The minimum atomic E-state index is -0.653. The zero-order valence-electron chi connectivity index (χ0n) is 15.3. The van der Waals surface area contributed by atoms with Crippen molar-refractivity contribution in [1.29, 1.82) is 0 Å². The SMILES string of the molecule is CCC(CC)(CC)C(=O)O.CC[N+](CC)(CC)CC(C)O. The van der Waals surface area contributed by atoms with Gasteiger partial charge in [0.1, 0.15) is 12.6 Å². The average molecular weight is 304 g/mol. The first kappa shape index (κ1) is 22.7. The molecule has 0 saturated carbocycles. The van der Waals surface area contributed by atoms with Gasteiger partial charge in [0.2, 0.25) is 0 Å².